The number of piperazine rings is 2. The molecule has 2 aromatic carbocycles. The maximum absolute atomic E-state index is 6.00. The topological polar surface area (TPSA) is 51.1 Å². The van der Waals surface area contributed by atoms with Crippen LogP contribution in [0, 0.1) is 9.54 Å². The smallest absolute Gasteiger partial charge is 0.142 e. The molecule has 0 amide bonds. The molecule has 2 aromatic heterocycles. The van der Waals surface area contributed by atoms with E-state index in [2.05, 4.69) is 107 Å². The minimum atomic E-state index is -0.231. The fourth-order valence-corrected chi connectivity index (χ4v) is 8.05. The molecule has 0 bridgehead atoms. The van der Waals surface area contributed by atoms with Gasteiger partial charge in [-0.3, -0.25) is 9.80 Å². The van der Waals surface area contributed by atoms with E-state index >= 15 is 0 Å². The molecular formula is C36H50BN8O2S2-. The predicted molar refractivity (Wildman–Crippen MR) is 205 cm³/mol. The zero-order chi connectivity index (χ0) is 35.1. The maximum Gasteiger partial charge on any atom is 0.142 e. The Balaban J connectivity index is 1.16. The van der Waals surface area contributed by atoms with Crippen LogP contribution in [-0.4, -0.2) is 102 Å². The lowest BCUT2D eigenvalue weighted by atomic mass is 9.96. The van der Waals surface area contributed by atoms with Gasteiger partial charge in [0.15, 0.2) is 0 Å². The van der Waals surface area contributed by atoms with Crippen LogP contribution in [0.4, 0.5) is 11.4 Å². The molecule has 13 heteroatoms. The van der Waals surface area contributed by atoms with E-state index in [0.29, 0.717) is 0 Å². The van der Waals surface area contributed by atoms with Crippen LogP contribution in [0.25, 0.3) is 0 Å². The van der Waals surface area contributed by atoms with Crippen molar-refractivity contribution in [1.82, 2.24) is 27.9 Å². The molecule has 2 fully saturated rings. The Labute approximate surface area is 302 Å². The van der Waals surface area contributed by atoms with E-state index in [4.69, 9.17) is 33.9 Å². The van der Waals surface area contributed by atoms with Gasteiger partial charge in [0.05, 0.1) is 48.1 Å². The third-order valence-corrected chi connectivity index (χ3v) is 11.7. The number of ether oxygens (including phenoxy) is 2. The summed E-state index contributed by atoms with van der Waals surface area (Å²) in [6.45, 7) is 16.6. The van der Waals surface area contributed by atoms with Crippen LogP contribution in [0.15, 0.2) is 60.9 Å². The summed E-state index contributed by atoms with van der Waals surface area (Å²) in [5, 5.41) is 0. The number of anilines is 2. The molecule has 0 N–H and O–H groups in total. The number of aromatic nitrogens is 4. The van der Waals surface area contributed by atoms with Crippen molar-refractivity contribution in [2.75, 3.05) is 76.4 Å². The van der Waals surface area contributed by atoms with Crippen LogP contribution >= 0.6 is 24.4 Å². The molecule has 4 heterocycles. The van der Waals surface area contributed by atoms with Crippen LogP contribution in [0.5, 0.6) is 11.5 Å². The van der Waals surface area contributed by atoms with Crippen molar-refractivity contribution < 1.29 is 9.47 Å². The van der Waals surface area contributed by atoms with Crippen molar-refractivity contribution in [3.63, 3.8) is 0 Å². The summed E-state index contributed by atoms with van der Waals surface area (Å²) in [6, 6.07) is 16.5. The molecule has 262 valence electrons. The quantitative estimate of drug-likeness (QED) is 0.159. The highest BCUT2D eigenvalue weighted by atomic mass is 32.1. The van der Waals surface area contributed by atoms with E-state index in [0.717, 1.165) is 96.2 Å². The van der Waals surface area contributed by atoms with E-state index < -0.39 is 0 Å². The molecule has 0 unspecified atom stereocenters. The summed E-state index contributed by atoms with van der Waals surface area (Å²) in [5.74, 6) is 1.84. The van der Waals surface area contributed by atoms with E-state index in [1.807, 2.05) is 40.8 Å². The molecule has 2 aliphatic heterocycles. The SMILES string of the molecule is COc1ccccc1N1CCN(C(C)(C)c2cn([B-]n3cc(C(C)(C)N4CCN(c5ccccc5OC)CC4)n(C)c3=S)c(=S)n2C)CC1. The number of para-hydroxylation sites is 4. The maximum atomic E-state index is 6.00. The van der Waals surface area contributed by atoms with Crippen molar-refractivity contribution in [1.29, 1.82) is 0 Å². The van der Waals surface area contributed by atoms with E-state index in [1.165, 1.54) is 0 Å². The van der Waals surface area contributed by atoms with E-state index in [1.54, 1.807) is 14.2 Å². The molecule has 4 aromatic rings. The van der Waals surface area contributed by atoms with Gasteiger partial charge in [-0.1, -0.05) is 31.8 Å². The third-order valence-electron chi connectivity index (χ3n) is 10.8. The zero-order valence-corrected chi connectivity index (χ0v) is 31.9. The number of benzene rings is 2. The first-order valence-corrected chi connectivity index (χ1v) is 17.9. The lowest BCUT2D eigenvalue weighted by Gasteiger charge is -2.45. The summed E-state index contributed by atoms with van der Waals surface area (Å²) >= 11 is 12.0. The molecule has 0 atom stereocenters. The Morgan fingerprint density at radius 2 is 0.918 bits per heavy atom. The van der Waals surface area contributed by atoms with Crippen LogP contribution < -0.4 is 19.3 Å². The Morgan fingerprint density at radius 3 is 1.27 bits per heavy atom. The molecule has 6 rings (SSSR count). The highest BCUT2D eigenvalue weighted by Gasteiger charge is 2.36. The van der Waals surface area contributed by atoms with Crippen LogP contribution in [-0.2, 0) is 25.2 Å². The predicted octanol–water partition coefficient (Wildman–Crippen LogP) is 5.49. The van der Waals surface area contributed by atoms with Crippen molar-refractivity contribution in [3.8, 4) is 11.5 Å². The number of methoxy groups -OCH3 is 2. The third kappa shape index (κ3) is 6.58. The largest absolute Gasteiger partial charge is 0.541 e. The molecular weight excluding hydrogens is 651 g/mol. The van der Waals surface area contributed by atoms with Gasteiger partial charge < -0.3 is 37.4 Å². The second-order valence-electron chi connectivity index (χ2n) is 14.1. The minimum Gasteiger partial charge on any atom is -0.541 e. The molecule has 0 spiro atoms. The first-order chi connectivity index (χ1) is 23.4. The average Bonchev–Trinajstić information content (AvgIpc) is 3.58. The minimum absolute atomic E-state index is 0.231. The van der Waals surface area contributed by atoms with Gasteiger partial charge >= 0.3 is 0 Å². The van der Waals surface area contributed by atoms with Crippen molar-refractivity contribution >= 4 is 43.4 Å². The molecule has 2 radical (unpaired) electrons. The molecule has 10 nitrogen and oxygen atoms in total. The second kappa shape index (κ2) is 14.0. The highest BCUT2D eigenvalue weighted by molar-refractivity contribution is 7.71. The monoisotopic (exact) mass is 701 g/mol. The van der Waals surface area contributed by atoms with Gasteiger partial charge in [0.2, 0.25) is 0 Å². The van der Waals surface area contributed by atoms with Gasteiger partial charge in [-0.25, -0.2) is 0 Å². The van der Waals surface area contributed by atoms with Gasteiger partial charge in [0, 0.05) is 66.5 Å². The molecule has 49 heavy (non-hydrogen) atoms. The highest BCUT2D eigenvalue weighted by Crippen LogP contribution is 2.35. The lowest BCUT2D eigenvalue weighted by molar-refractivity contribution is 0.104. The second-order valence-corrected chi connectivity index (χ2v) is 14.8. The van der Waals surface area contributed by atoms with E-state index in [9.17, 15) is 0 Å². The summed E-state index contributed by atoms with van der Waals surface area (Å²) in [4.78, 5) is 9.93. The summed E-state index contributed by atoms with van der Waals surface area (Å²) < 4.78 is 21.1. The fraction of sp³-hybridized carbons (Fsp3) is 0.500. The van der Waals surface area contributed by atoms with Gasteiger partial charge in [0.25, 0.3) is 0 Å². The number of nitrogens with zero attached hydrogens (tertiary/aromatic N) is 8. The summed E-state index contributed by atoms with van der Waals surface area (Å²) in [5.41, 5.74) is 4.17. The Kier molecular flexibility index (Phi) is 10.1. The van der Waals surface area contributed by atoms with Crippen LogP contribution in [0.1, 0.15) is 39.1 Å². The van der Waals surface area contributed by atoms with Gasteiger partial charge in [-0.2, -0.15) is 0 Å². The van der Waals surface area contributed by atoms with E-state index in [-0.39, 0.29) is 11.1 Å². The molecule has 0 aliphatic carbocycles. The van der Waals surface area contributed by atoms with Gasteiger partial charge in [-0.05, 0) is 88.8 Å². The average molecular weight is 702 g/mol. The van der Waals surface area contributed by atoms with Gasteiger partial charge in [0.1, 0.15) is 21.0 Å². The Bertz CT molecular complexity index is 1760. The summed E-state index contributed by atoms with van der Waals surface area (Å²) in [6.07, 6.45) is 4.34. The first kappa shape index (κ1) is 35.3. The fourth-order valence-electron chi connectivity index (χ4n) is 7.65. The standard InChI is InChI=1S/C36H50BN8O2S2/c1-35(2,42-21-17-40(18-22-42)27-13-9-11-15-29(27)46-7)31-25-44(33(48)38(31)5)37-45-26-32(39(6)34(45)49)36(3,4)43-23-19-41(20-24-43)28-14-10-12-16-30(28)47-8/h9-16,25-26H,17-24H2,1-8H3/q-1. The Morgan fingerprint density at radius 1 is 0.571 bits per heavy atom. The first-order valence-electron chi connectivity index (χ1n) is 17.1. The molecule has 2 saturated heterocycles. The van der Waals surface area contributed by atoms with Crippen molar-refractivity contribution in [3.05, 3.63) is 81.9 Å². The number of hydrogen-bond donors (Lipinski definition) is 0. The lowest BCUT2D eigenvalue weighted by Crippen LogP contribution is -2.53. The van der Waals surface area contributed by atoms with Crippen molar-refractivity contribution in [2.45, 2.75) is 38.8 Å². The van der Waals surface area contributed by atoms with Crippen molar-refractivity contribution in [2.24, 2.45) is 14.1 Å². The molecule has 0 saturated carbocycles. The number of imidazole rings is 2. The Hall–Kier alpha value is -3.52. The number of rotatable bonds is 10. The zero-order valence-electron chi connectivity index (χ0n) is 30.2. The van der Waals surface area contributed by atoms with Gasteiger partial charge in [-0.15, -0.1) is 0 Å². The molecule has 2 aliphatic rings. The van der Waals surface area contributed by atoms with Crippen LogP contribution in [0.2, 0.25) is 0 Å². The summed E-state index contributed by atoms with van der Waals surface area (Å²) in [7, 11) is 9.64. The normalized spacial score (nSPS) is 16.7. The number of hydrogen-bond acceptors (Lipinski definition) is 8. The van der Waals surface area contributed by atoms with Crippen LogP contribution in [0.3, 0.4) is 0 Å².